The van der Waals surface area contributed by atoms with Gasteiger partial charge < -0.3 is 5.73 Å². The van der Waals surface area contributed by atoms with E-state index in [1.54, 1.807) is 13.0 Å². The molecule has 0 radical (unpaired) electrons. The number of nitro groups is 1. The molecular formula is C10H10N4O2. The molecule has 1 aromatic heterocycles. The molecule has 0 saturated carbocycles. The van der Waals surface area contributed by atoms with E-state index < -0.39 is 4.92 Å². The SMILES string of the molecule is Cc1nc2ccc([N+](=O)[O-])c(N)c2nc1C. The molecule has 1 heterocycles. The number of benzene rings is 1. The molecule has 16 heavy (non-hydrogen) atoms. The number of nitrogen functional groups attached to an aromatic ring is 1. The third-order valence-electron chi connectivity index (χ3n) is 2.46. The summed E-state index contributed by atoms with van der Waals surface area (Å²) >= 11 is 0. The lowest BCUT2D eigenvalue weighted by Crippen LogP contribution is -2.01. The minimum absolute atomic E-state index is 0.0677. The summed E-state index contributed by atoms with van der Waals surface area (Å²) < 4.78 is 0. The largest absolute Gasteiger partial charge is 0.391 e. The molecule has 0 bridgehead atoms. The molecule has 0 aliphatic rings. The van der Waals surface area contributed by atoms with Crippen LogP contribution >= 0.6 is 0 Å². The predicted octanol–water partition coefficient (Wildman–Crippen LogP) is 1.74. The quantitative estimate of drug-likeness (QED) is 0.446. The highest BCUT2D eigenvalue weighted by Gasteiger charge is 2.16. The van der Waals surface area contributed by atoms with Crippen molar-refractivity contribution in [2.45, 2.75) is 13.8 Å². The Morgan fingerprint density at radius 1 is 1.25 bits per heavy atom. The van der Waals surface area contributed by atoms with Gasteiger partial charge >= 0.3 is 0 Å². The molecule has 0 atom stereocenters. The molecule has 2 aromatic rings. The number of anilines is 1. The van der Waals surface area contributed by atoms with Gasteiger partial charge in [0.1, 0.15) is 11.2 Å². The Balaban J connectivity index is 2.84. The van der Waals surface area contributed by atoms with Gasteiger partial charge in [0.05, 0.1) is 21.8 Å². The summed E-state index contributed by atoms with van der Waals surface area (Å²) in [6.45, 7) is 3.62. The zero-order chi connectivity index (χ0) is 11.9. The smallest absolute Gasteiger partial charge is 0.294 e. The molecule has 0 spiro atoms. The molecule has 6 nitrogen and oxygen atoms in total. The average Bonchev–Trinajstić information content (AvgIpc) is 2.21. The van der Waals surface area contributed by atoms with E-state index in [-0.39, 0.29) is 11.4 Å². The minimum atomic E-state index is -0.522. The van der Waals surface area contributed by atoms with E-state index in [1.165, 1.54) is 6.07 Å². The van der Waals surface area contributed by atoms with Crippen LogP contribution in [0.5, 0.6) is 0 Å². The number of fused-ring (bicyclic) bond motifs is 1. The maximum absolute atomic E-state index is 10.7. The number of aromatic nitrogens is 2. The standard InChI is InChI=1S/C10H10N4O2/c1-5-6(2)13-10-7(12-5)3-4-8(9(10)11)14(15)16/h3-4H,11H2,1-2H3. The summed E-state index contributed by atoms with van der Waals surface area (Å²) in [5.74, 6) is 0. The topological polar surface area (TPSA) is 94.9 Å². The molecule has 0 aliphatic carbocycles. The number of nitro benzene ring substituents is 1. The van der Waals surface area contributed by atoms with Gasteiger partial charge in [0.2, 0.25) is 0 Å². The fourth-order valence-corrected chi connectivity index (χ4v) is 1.46. The van der Waals surface area contributed by atoms with Crippen LogP contribution < -0.4 is 5.73 Å². The Kier molecular flexibility index (Phi) is 2.19. The fraction of sp³-hybridized carbons (Fsp3) is 0.200. The average molecular weight is 218 g/mol. The Labute approximate surface area is 91.3 Å². The molecule has 2 N–H and O–H groups in total. The molecule has 0 amide bonds. The fourth-order valence-electron chi connectivity index (χ4n) is 1.46. The second kappa shape index (κ2) is 3.41. The molecule has 1 aromatic carbocycles. The number of rotatable bonds is 1. The Bertz CT molecular complexity index is 595. The lowest BCUT2D eigenvalue weighted by Gasteiger charge is -2.04. The monoisotopic (exact) mass is 218 g/mol. The van der Waals surface area contributed by atoms with Crippen molar-refractivity contribution < 1.29 is 4.92 Å². The highest BCUT2D eigenvalue weighted by atomic mass is 16.6. The van der Waals surface area contributed by atoms with Gasteiger partial charge in [0.25, 0.3) is 5.69 Å². The highest BCUT2D eigenvalue weighted by Crippen LogP contribution is 2.28. The first-order valence-corrected chi connectivity index (χ1v) is 4.68. The van der Waals surface area contributed by atoms with Crippen LogP contribution in [0.2, 0.25) is 0 Å². The van der Waals surface area contributed by atoms with Gasteiger partial charge in [-0.25, -0.2) is 9.97 Å². The highest BCUT2D eigenvalue weighted by molar-refractivity contribution is 5.91. The van der Waals surface area contributed by atoms with E-state index in [1.807, 2.05) is 6.92 Å². The third-order valence-corrected chi connectivity index (χ3v) is 2.46. The maximum Gasteiger partial charge on any atom is 0.294 e. The third kappa shape index (κ3) is 1.44. The van der Waals surface area contributed by atoms with Crippen LogP contribution in [0.1, 0.15) is 11.4 Å². The first-order chi connectivity index (χ1) is 7.50. The zero-order valence-corrected chi connectivity index (χ0v) is 8.89. The van der Waals surface area contributed by atoms with Crippen molar-refractivity contribution in [3.63, 3.8) is 0 Å². The molecule has 6 heteroatoms. The lowest BCUT2D eigenvalue weighted by molar-refractivity contribution is -0.383. The first kappa shape index (κ1) is 10.3. The van der Waals surface area contributed by atoms with E-state index >= 15 is 0 Å². The second-order valence-electron chi connectivity index (χ2n) is 3.52. The molecule has 2 rings (SSSR count). The van der Waals surface area contributed by atoms with Crippen molar-refractivity contribution in [1.29, 1.82) is 0 Å². The summed E-state index contributed by atoms with van der Waals surface area (Å²) in [7, 11) is 0. The van der Waals surface area contributed by atoms with E-state index in [9.17, 15) is 10.1 Å². The van der Waals surface area contributed by atoms with Crippen molar-refractivity contribution in [1.82, 2.24) is 9.97 Å². The Morgan fingerprint density at radius 2 is 1.88 bits per heavy atom. The van der Waals surface area contributed by atoms with Gasteiger partial charge in [-0.2, -0.15) is 0 Å². The van der Waals surface area contributed by atoms with Gasteiger partial charge in [-0.05, 0) is 19.9 Å². The van der Waals surface area contributed by atoms with Crippen molar-refractivity contribution in [3.05, 3.63) is 33.6 Å². The van der Waals surface area contributed by atoms with Gasteiger partial charge in [-0.15, -0.1) is 0 Å². The van der Waals surface area contributed by atoms with Gasteiger partial charge in [-0.3, -0.25) is 10.1 Å². The zero-order valence-electron chi connectivity index (χ0n) is 8.89. The van der Waals surface area contributed by atoms with E-state index in [0.29, 0.717) is 11.0 Å². The molecule has 0 aliphatic heterocycles. The number of aryl methyl sites for hydroxylation is 2. The number of nitrogens with two attached hydrogens (primary N) is 1. The molecule has 0 unspecified atom stereocenters. The van der Waals surface area contributed by atoms with Crippen LogP contribution in [-0.2, 0) is 0 Å². The number of hydrogen-bond acceptors (Lipinski definition) is 5. The lowest BCUT2D eigenvalue weighted by atomic mass is 10.2. The van der Waals surface area contributed by atoms with E-state index in [4.69, 9.17) is 5.73 Å². The summed E-state index contributed by atoms with van der Waals surface area (Å²) in [6.07, 6.45) is 0. The van der Waals surface area contributed by atoms with Crippen LogP contribution in [0.3, 0.4) is 0 Å². The van der Waals surface area contributed by atoms with Crippen LogP contribution in [0.25, 0.3) is 11.0 Å². The Morgan fingerprint density at radius 3 is 2.50 bits per heavy atom. The minimum Gasteiger partial charge on any atom is -0.391 e. The van der Waals surface area contributed by atoms with E-state index in [0.717, 1.165) is 11.4 Å². The summed E-state index contributed by atoms with van der Waals surface area (Å²) in [5.41, 5.74) is 8.10. The predicted molar refractivity (Wildman–Crippen MR) is 60.1 cm³/mol. The second-order valence-corrected chi connectivity index (χ2v) is 3.52. The Hall–Kier alpha value is -2.24. The van der Waals surface area contributed by atoms with Crippen molar-refractivity contribution in [2.24, 2.45) is 0 Å². The molecular weight excluding hydrogens is 208 g/mol. The molecule has 0 fully saturated rings. The molecule has 82 valence electrons. The van der Waals surface area contributed by atoms with Gasteiger partial charge in [0, 0.05) is 6.07 Å². The van der Waals surface area contributed by atoms with Crippen molar-refractivity contribution in [2.75, 3.05) is 5.73 Å². The number of nitrogens with zero attached hydrogens (tertiary/aromatic N) is 3. The summed E-state index contributed by atoms with van der Waals surface area (Å²) in [4.78, 5) is 18.7. The normalized spacial score (nSPS) is 10.6. The summed E-state index contributed by atoms with van der Waals surface area (Å²) in [6, 6.07) is 2.91. The van der Waals surface area contributed by atoms with Crippen molar-refractivity contribution >= 4 is 22.4 Å². The maximum atomic E-state index is 10.7. The van der Waals surface area contributed by atoms with E-state index in [2.05, 4.69) is 9.97 Å². The van der Waals surface area contributed by atoms with Crippen LogP contribution in [0, 0.1) is 24.0 Å². The van der Waals surface area contributed by atoms with Gasteiger partial charge in [0.15, 0.2) is 0 Å². The van der Waals surface area contributed by atoms with Crippen LogP contribution in [0.4, 0.5) is 11.4 Å². The number of hydrogen-bond donors (Lipinski definition) is 1. The molecule has 0 saturated heterocycles. The first-order valence-electron chi connectivity index (χ1n) is 4.68. The van der Waals surface area contributed by atoms with Crippen molar-refractivity contribution in [3.8, 4) is 0 Å². The van der Waals surface area contributed by atoms with Gasteiger partial charge in [-0.1, -0.05) is 0 Å². The van der Waals surface area contributed by atoms with Crippen LogP contribution in [-0.4, -0.2) is 14.9 Å². The summed E-state index contributed by atoms with van der Waals surface area (Å²) in [5, 5.41) is 10.7. The van der Waals surface area contributed by atoms with Crippen LogP contribution in [0.15, 0.2) is 12.1 Å².